The van der Waals surface area contributed by atoms with E-state index in [1.165, 1.54) is 0 Å². The van der Waals surface area contributed by atoms with Crippen LogP contribution in [0.25, 0.3) is 0 Å². The van der Waals surface area contributed by atoms with E-state index in [-0.39, 0.29) is 18.7 Å². The quantitative estimate of drug-likeness (QED) is 0.712. The van der Waals surface area contributed by atoms with E-state index < -0.39 is 6.10 Å². The third-order valence-electron chi connectivity index (χ3n) is 2.74. The first kappa shape index (κ1) is 12.3. The Morgan fingerprint density at radius 2 is 2.40 bits per heavy atom. The number of hydrogen-bond acceptors (Lipinski definition) is 4. The topological polar surface area (TPSA) is 75.8 Å². The number of piperidine rings is 1. The van der Waals surface area contributed by atoms with E-state index in [4.69, 9.17) is 10.5 Å². The number of carbonyl (C=O) groups excluding carboxylic acids is 1. The lowest BCUT2D eigenvalue weighted by atomic mass is 9.98. The van der Waals surface area contributed by atoms with Crippen molar-refractivity contribution in [3.63, 3.8) is 0 Å². The molecule has 0 bridgehead atoms. The van der Waals surface area contributed by atoms with Gasteiger partial charge in [0.1, 0.15) is 0 Å². The Morgan fingerprint density at radius 3 is 3.00 bits per heavy atom. The standard InChI is InChI=1S/C10H20N2O3/c1-2-15-10(14)12-6-4-3-5-8(12)9(13)7-11/h8-9,13H,2-7,11H2,1H3. The molecule has 0 radical (unpaired) electrons. The van der Waals surface area contributed by atoms with E-state index in [9.17, 15) is 9.90 Å². The first-order chi connectivity index (χ1) is 7.20. The normalized spacial score (nSPS) is 23.7. The van der Waals surface area contributed by atoms with Crippen molar-refractivity contribution in [2.24, 2.45) is 5.73 Å². The molecule has 0 spiro atoms. The van der Waals surface area contributed by atoms with E-state index >= 15 is 0 Å². The average Bonchev–Trinajstić information content (AvgIpc) is 2.28. The zero-order chi connectivity index (χ0) is 11.3. The molecule has 1 aliphatic rings. The molecule has 1 saturated heterocycles. The summed E-state index contributed by atoms with van der Waals surface area (Å²) >= 11 is 0. The van der Waals surface area contributed by atoms with Crippen LogP contribution in [-0.4, -0.2) is 47.9 Å². The Bertz CT molecular complexity index is 211. The molecule has 5 nitrogen and oxygen atoms in total. The molecule has 1 rings (SSSR count). The predicted molar refractivity (Wildman–Crippen MR) is 56.4 cm³/mol. The lowest BCUT2D eigenvalue weighted by molar-refractivity contribution is 0.0218. The van der Waals surface area contributed by atoms with Crippen molar-refractivity contribution in [2.45, 2.75) is 38.3 Å². The Balaban J connectivity index is 2.60. The molecular weight excluding hydrogens is 196 g/mol. The van der Waals surface area contributed by atoms with Crippen LogP contribution in [0.15, 0.2) is 0 Å². The molecule has 88 valence electrons. The lowest BCUT2D eigenvalue weighted by Crippen LogP contribution is -2.52. The monoisotopic (exact) mass is 216 g/mol. The highest BCUT2D eigenvalue weighted by Crippen LogP contribution is 2.20. The highest BCUT2D eigenvalue weighted by atomic mass is 16.6. The minimum absolute atomic E-state index is 0.178. The number of rotatable bonds is 3. The summed E-state index contributed by atoms with van der Waals surface area (Å²) in [5.74, 6) is 0. The number of ether oxygens (including phenoxy) is 1. The zero-order valence-electron chi connectivity index (χ0n) is 9.19. The third-order valence-corrected chi connectivity index (χ3v) is 2.74. The molecule has 1 amide bonds. The van der Waals surface area contributed by atoms with Gasteiger partial charge in [0.15, 0.2) is 0 Å². The number of hydrogen-bond donors (Lipinski definition) is 2. The van der Waals surface area contributed by atoms with Crippen molar-refractivity contribution in [1.82, 2.24) is 4.90 Å². The lowest BCUT2D eigenvalue weighted by Gasteiger charge is -2.37. The van der Waals surface area contributed by atoms with E-state index in [1.54, 1.807) is 11.8 Å². The second-order valence-electron chi connectivity index (χ2n) is 3.76. The number of likely N-dealkylation sites (tertiary alicyclic amines) is 1. The van der Waals surface area contributed by atoms with Gasteiger partial charge in [-0.05, 0) is 26.2 Å². The minimum Gasteiger partial charge on any atom is -0.450 e. The minimum atomic E-state index is -0.644. The molecule has 1 aliphatic heterocycles. The Kier molecular flexibility index (Phi) is 4.84. The van der Waals surface area contributed by atoms with Crippen LogP contribution in [0, 0.1) is 0 Å². The van der Waals surface area contributed by atoms with E-state index in [0.29, 0.717) is 13.2 Å². The Labute approximate surface area is 90.2 Å². The Morgan fingerprint density at radius 1 is 1.67 bits per heavy atom. The fourth-order valence-electron chi connectivity index (χ4n) is 1.95. The van der Waals surface area contributed by atoms with E-state index in [1.807, 2.05) is 0 Å². The second kappa shape index (κ2) is 5.92. The van der Waals surface area contributed by atoms with Gasteiger partial charge in [0.25, 0.3) is 0 Å². The molecule has 15 heavy (non-hydrogen) atoms. The van der Waals surface area contributed by atoms with Crippen LogP contribution in [0.5, 0.6) is 0 Å². The average molecular weight is 216 g/mol. The fraction of sp³-hybridized carbons (Fsp3) is 0.900. The highest BCUT2D eigenvalue weighted by molar-refractivity contribution is 5.68. The van der Waals surface area contributed by atoms with Crippen LogP contribution in [0.4, 0.5) is 4.79 Å². The van der Waals surface area contributed by atoms with Gasteiger partial charge in [0, 0.05) is 13.1 Å². The number of nitrogens with zero attached hydrogens (tertiary/aromatic N) is 1. The van der Waals surface area contributed by atoms with Crippen molar-refractivity contribution >= 4 is 6.09 Å². The summed E-state index contributed by atoms with van der Waals surface area (Å²) in [5, 5.41) is 9.70. The van der Waals surface area contributed by atoms with Gasteiger partial charge in [-0.2, -0.15) is 0 Å². The van der Waals surface area contributed by atoms with Gasteiger partial charge in [-0.25, -0.2) is 4.79 Å². The maximum Gasteiger partial charge on any atom is 0.410 e. The number of carbonyl (C=O) groups is 1. The number of amides is 1. The molecular formula is C10H20N2O3. The SMILES string of the molecule is CCOC(=O)N1CCCCC1C(O)CN. The van der Waals surface area contributed by atoms with Crippen LogP contribution >= 0.6 is 0 Å². The van der Waals surface area contributed by atoms with Gasteiger partial charge in [0.2, 0.25) is 0 Å². The molecule has 2 unspecified atom stereocenters. The Hall–Kier alpha value is -0.810. The molecule has 1 heterocycles. The maximum absolute atomic E-state index is 11.6. The van der Waals surface area contributed by atoms with Gasteiger partial charge in [-0.1, -0.05) is 0 Å². The molecule has 0 aliphatic carbocycles. The molecule has 2 atom stereocenters. The van der Waals surface area contributed by atoms with Crippen molar-refractivity contribution in [3.05, 3.63) is 0 Å². The summed E-state index contributed by atoms with van der Waals surface area (Å²) in [6.07, 6.45) is 1.81. The molecule has 1 fully saturated rings. The zero-order valence-corrected chi connectivity index (χ0v) is 9.19. The maximum atomic E-state index is 11.6. The van der Waals surface area contributed by atoms with Gasteiger partial charge in [0.05, 0.1) is 18.8 Å². The summed E-state index contributed by atoms with van der Waals surface area (Å²) in [7, 11) is 0. The molecule has 0 aromatic rings. The van der Waals surface area contributed by atoms with Crippen molar-refractivity contribution in [1.29, 1.82) is 0 Å². The van der Waals surface area contributed by atoms with Crippen molar-refractivity contribution in [3.8, 4) is 0 Å². The van der Waals surface area contributed by atoms with Crippen LogP contribution in [0.1, 0.15) is 26.2 Å². The van der Waals surface area contributed by atoms with Gasteiger partial charge in [-0.15, -0.1) is 0 Å². The first-order valence-corrected chi connectivity index (χ1v) is 5.52. The first-order valence-electron chi connectivity index (χ1n) is 5.52. The molecule has 3 N–H and O–H groups in total. The number of aliphatic hydroxyl groups excluding tert-OH is 1. The number of nitrogens with two attached hydrogens (primary N) is 1. The highest BCUT2D eigenvalue weighted by Gasteiger charge is 2.31. The van der Waals surface area contributed by atoms with Crippen LogP contribution < -0.4 is 5.73 Å². The number of aliphatic hydroxyl groups is 1. The van der Waals surface area contributed by atoms with Gasteiger partial charge >= 0.3 is 6.09 Å². The van der Waals surface area contributed by atoms with Crippen LogP contribution in [0.2, 0.25) is 0 Å². The van der Waals surface area contributed by atoms with E-state index in [0.717, 1.165) is 19.3 Å². The van der Waals surface area contributed by atoms with E-state index in [2.05, 4.69) is 0 Å². The van der Waals surface area contributed by atoms with Crippen LogP contribution in [0.3, 0.4) is 0 Å². The summed E-state index contributed by atoms with van der Waals surface area (Å²) in [6, 6.07) is -0.178. The van der Waals surface area contributed by atoms with Crippen molar-refractivity contribution < 1.29 is 14.6 Å². The van der Waals surface area contributed by atoms with Crippen LogP contribution in [-0.2, 0) is 4.74 Å². The third kappa shape index (κ3) is 3.07. The molecule has 0 aromatic heterocycles. The van der Waals surface area contributed by atoms with Crippen molar-refractivity contribution in [2.75, 3.05) is 19.7 Å². The summed E-state index contributed by atoms with van der Waals surface area (Å²) < 4.78 is 4.94. The molecule has 0 aromatic carbocycles. The van der Waals surface area contributed by atoms with Gasteiger partial charge < -0.3 is 20.5 Å². The molecule has 0 saturated carbocycles. The summed E-state index contributed by atoms with van der Waals surface area (Å²) in [4.78, 5) is 13.2. The fourth-order valence-corrected chi connectivity index (χ4v) is 1.95. The summed E-state index contributed by atoms with van der Waals surface area (Å²) in [5.41, 5.74) is 5.41. The smallest absolute Gasteiger partial charge is 0.410 e. The predicted octanol–water partition coefficient (Wildman–Crippen LogP) is 0.317. The molecule has 5 heteroatoms. The summed E-state index contributed by atoms with van der Waals surface area (Å²) in [6.45, 7) is 2.97. The second-order valence-corrected chi connectivity index (χ2v) is 3.76. The largest absolute Gasteiger partial charge is 0.450 e. The van der Waals surface area contributed by atoms with Gasteiger partial charge in [-0.3, -0.25) is 0 Å².